The lowest BCUT2D eigenvalue weighted by Gasteiger charge is -2.21. The molecule has 0 aromatic carbocycles. The first-order valence-electron chi connectivity index (χ1n) is 6.68. The van der Waals surface area contributed by atoms with Gasteiger partial charge in [0.15, 0.2) is 0 Å². The smallest absolute Gasteiger partial charge is 0.334 e. The summed E-state index contributed by atoms with van der Waals surface area (Å²) in [5, 5.41) is 8.98. The van der Waals surface area contributed by atoms with Crippen molar-refractivity contribution in [2.24, 2.45) is 0 Å². The van der Waals surface area contributed by atoms with Crippen molar-refractivity contribution in [2.45, 2.75) is 52.6 Å². The third-order valence-corrected chi connectivity index (χ3v) is 2.65. The van der Waals surface area contributed by atoms with E-state index >= 15 is 0 Å². The van der Waals surface area contributed by atoms with Crippen molar-refractivity contribution in [3.05, 3.63) is 0 Å². The Labute approximate surface area is 105 Å². The predicted molar refractivity (Wildman–Crippen MR) is 68.9 cm³/mol. The Morgan fingerprint density at radius 3 is 2.12 bits per heavy atom. The van der Waals surface area contributed by atoms with Gasteiger partial charge in [0.2, 0.25) is 0 Å². The molecule has 102 valence electrons. The molecule has 0 heterocycles. The van der Waals surface area contributed by atoms with Crippen LogP contribution in [0.25, 0.3) is 0 Å². The molecule has 0 bridgehead atoms. The minimum atomic E-state index is -1.02. The Bertz CT molecular complexity index is 187. The van der Waals surface area contributed by atoms with Crippen LogP contribution in [0.1, 0.15) is 46.5 Å². The topological polar surface area (TPSA) is 49.8 Å². The molecule has 17 heavy (non-hydrogen) atoms. The number of unbranched alkanes of at least 4 members (excludes halogenated alkanes) is 2. The van der Waals surface area contributed by atoms with E-state index in [2.05, 4.69) is 18.7 Å². The van der Waals surface area contributed by atoms with Crippen LogP contribution in [0.15, 0.2) is 0 Å². The third-order valence-electron chi connectivity index (χ3n) is 2.65. The average Bonchev–Trinajstić information content (AvgIpc) is 2.31. The van der Waals surface area contributed by atoms with E-state index in [0.717, 1.165) is 19.6 Å². The number of ether oxygens (including phenoxy) is 1. The second kappa shape index (κ2) is 10.5. The van der Waals surface area contributed by atoms with Gasteiger partial charge in [-0.2, -0.15) is 0 Å². The summed E-state index contributed by atoms with van der Waals surface area (Å²) >= 11 is 0. The van der Waals surface area contributed by atoms with E-state index in [1.807, 2.05) is 0 Å². The Kier molecular flexibility index (Phi) is 10.2. The van der Waals surface area contributed by atoms with Gasteiger partial charge in [-0.05, 0) is 32.9 Å². The van der Waals surface area contributed by atoms with Gasteiger partial charge in [-0.1, -0.05) is 26.7 Å². The molecule has 0 saturated heterocycles. The fourth-order valence-electron chi connectivity index (χ4n) is 1.49. The van der Waals surface area contributed by atoms with Gasteiger partial charge in [-0.3, -0.25) is 4.90 Å². The minimum absolute atomic E-state index is 0.372. The summed E-state index contributed by atoms with van der Waals surface area (Å²) in [7, 11) is 0. The van der Waals surface area contributed by atoms with Crippen molar-refractivity contribution in [1.29, 1.82) is 0 Å². The van der Waals surface area contributed by atoms with E-state index in [1.54, 1.807) is 0 Å². The van der Waals surface area contributed by atoms with Gasteiger partial charge in [0, 0.05) is 6.54 Å². The highest BCUT2D eigenvalue weighted by Gasteiger charge is 2.11. The molecule has 0 rings (SSSR count). The van der Waals surface area contributed by atoms with Gasteiger partial charge in [-0.15, -0.1) is 0 Å². The number of esters is 1. The van der Waals surface area contributed by atoms with Crippen molar-refractivity contribution in [2.75, 3.05) is 26.2 Å². The second-order valence-corrected chi connectivity index (χ2v) is 4.39. The van der Waals surface area contributed by atoms with E-state index in [4.69, 9.17) is 9.84 Å². The van der Waals surface area contributed by atoms with Crippen molar-refractivity contribution in [3.8, 4) is 0 Å². The predicted octanol–water partition coefficient (Wildman–Crippen LogP) is 1.81. The van der Waals surface area contributed by atoms with Gasteiger partial charge < -0.3 is 9.84 Å². The van der Waals surface area contributed by atoms with Gasteiger partial charge in [0.05, 0.1) is 0 Å². The molecule has 0 aromatic rings. The lowest BCUT2D eigenvalue weighted by Crippen LogP contribution is -2.31. The molecule has 4 nitrogen and oxygen atoms in total. The zero-order chi connectivity index (χ0) is 13.1. The zero-order valence-electron chi connectivity index (χ0n) is 11.4. The summed E-state index contributed by atoms with van der Waals surface area (Å²) in [6.45, 7) is 9.02. The molecule has 1 N–H and O–H groups in total. The Morgan fingerprint density at radius 2 is 1.71 bits per heavy atom. The van der Waals surface area contributed by atoms with E-state index < -0.39 is 12.1 Å². The van der Waals surface area contributed by atoms with Crippen LogP contribution in [0, 0.1) is 0 Å². The van der Waals surface area contributed by atoms with Crippen LogP contribution in [0.3, 0.4) is 0 Å². The van der Waals surface area contributed by atoms with Gasteiger partial charge in [0.1, 0.15) is 12.7 Å². The van der Waals surface area contributed by atoms with Gasteiger partial charge in [0.25, 0.3) is 0 Å². The van der Waals surface area contributed by atoms with Crippen molar-refractivity contribution in [1.82, 2.24) is 4.90 Å². The highest BCUT2D eigenvalue weighted by Crippen LogP contribution is 1.99. The van der Waals surface area contributed by atoms with Crippen LogP contribution in [0.4, 0.5) is 0 Å². The number of aliphatic hydroxyl groups excluding tert-OH is 1. The normalized spacial score (nSPS) is 12.8. The molecule has 0 aliphatic heterocycles. The molecule has 1 unspecified atom stereocenters. The van der Waals surface area contributed by atoms with Crippen LogP contribution in [0.5, 0.6) is 0 Å². The maximum absolute atomic E-state index is 11.1. The van der Waals surface area contributed by atoms with E-state index in [9.17, 15) is 4.79 Å². The summed E-state index contributed by atoms with van der Waals surface area (Å²) in [5.41, 5.74) is 0. The Hall–Kier alpha value is -0.610. The minimum Gasteiger partial charge on any atom is -0.462 e. The molecule has 0 aromatic heterocycles. The summed E-state index contributed by atoms with van der Waals surface area (Å²) < 4.78 is 4.96. The molecule has 0 aliphatic carbocycles. The van der Waals surface area contributed by atoms with E-state index in [0.29, 0.717) is 6.61 Å². The van der Waals surface area contributed by atoms with E-state index in [-0.39, 0.29) is 0 Å². The lowest BCUT2D eigenvalue weighted by atomic mass is 10.2. The summed E-state index contributed by atoms with van der Waals surface area (Å²) in [6, 6.07) is 0. The standard InChI is InChI=1S/C13H27NO3/c1-4-6-8-14(9-7-5-2)10-11-17-13(16)12(3)15/h12,15H,4-11H2,1-3H3. The molecule has 0 spiro atoms. The summed E-state index contributed by atoms with van der Waals surface area (Å²) in [4.78, 5) is 13.4. The van der Waals surface area contributed by atoms with E-state index in [1.165, 1.54) is 32.6 Å². The average molecular weight is 245 g/mol. The zero-order valence-corrected chi connectivity index (χ0v) is 11.4. The highest BCUT2D eigenvalue weighted by molar-refractivity contribution is 5.73. The molecule has 4 heteroatoms. The first-order valence-corrected chi connectivity index (χ1v) is 6.68. The summed E-state index contributed by atoms with van der Waals surface area (Å²) in [5.74, 6) is -0.532. The number of nitrogens with zero attached hydrogens (tertiary/aromatic N) is 1. The number of hydrogen-bond donors (Lipinski definition) is 1. The number of hydrogen-bond acceptors (Lipinski definition) is 4. The first kappa shape index (κ1) is 16.4. The monoisotopic (exact) mass is 245 g/mol. The lowest BCUT2D eigenvalue weighted by molar-refractivity contribution is -0.152. The maximum atomic E-state index is 11.1. The SMILES string of the molecule is CCCCN(CCCC)CCOC(=O)C(C)O. The van der Waals surface area contributed by atoms with Crippen molar-refractivity contribution in [3.63, 3.8) is 0 Å². The molecule has 0 fully saturated rings. The molecule has 0 aliphatic rings. The molecular weight excluding hydrogens is 218 g/mol. The molecular formula is C13H27NO3. The molecule has 0 amide bonds. The van der Waals surface area contributed by atoms with Crippen LogP contribution < -0.4 is 0 Å². The molecule has 0 saturated carbocycles. The van der Waals surface area contributed by atoms with Crippen LogP contribution in [0.2, 0.25) is 0 Å². The fourth-order valence-corrected chi connectivity index (χ4v) is 1.49. The number of rotatable bonds is 10. The second-order valence-electron chi connectivity index (χ2n) is 4.39. The number of carbonyl (C=O) groups excluding carboxylic acids is 1. The maximum Gasteiger partial charge on any atom is 0.334 e. The Balaban J connectivity index is 3.77. The quantitative estimate of drug-likeness (QED) is 0.596. The number of carbonyl (C=O) groups is 1. The molecule has 1 atom stereocenters. The van der Waals surface area contributed by atoms with Crippen LogP contribution in [-0.4, -0.2) is 48.3 Å². The first-order chi connectivity index (χ1) is 8.11. The van der Waals surface area contributed by atoms with Crippen LogP contribution >= 0.6 is 0 Å². The molecule has 0 radical (unpaired) electrons. The third kappa shape index (κ3) is 9.12. The van der Waals surface area contributed by atoms with Crippen molar-refractivity contribution >= 4 is 5.97 Å². The summed E-state index contributed by atoms with van der Waals surface area (Å²) in [6.07, 6.45) is 3.68. The Morgan fingerprint density at radius 1 is 1.18 bits per heavy atom. The van der Waals surface area contributed by atoms with Gasteiger partial charge in [-0.25, -0.2) is 4.79 Å². The van der Waals surface area contributed by atoms with Crippen LogP contribution in [-0.2, 0) is 9.53 Å². The number of aliphatic hydroxyl groups is 1. The van der Waals surface area contributed by atoms with Gasteiger partial charge >= 0.3 is 5.97 Å². The van der Waals surface area contributed by atoms with Crippen molar-refractivity contribution < 1.29 is 14.6 Å². The highest BCUT2D eigenvalue weighted by atomic mass is 16.5. The largest absolute Gasteiger partial charge is 0.462 e. The fraction of sp³-hybridized carbons (Fsp3) is 0.923.